The maximum atomic E-state index is 6.16. The zero-order valence-corrected chi connectivity index (χ0v) is 11.7. The second-order valence-electron chi connectivity index (χ2n) is 5.81. The van der Waals surface area contributed by atoms with E-state index in [0.29, 0.717) is 6.04 Å². The summed E-state index contributed by atoms with van der Waals surface area (Å²) in [6.07, 6.45) is 1.72. The molecule has 1 aromatic rings. The van der Waals surface area contributed by atoms with Crippen LogP contribution in [0.15, 0.2) is 22.8 Å². The van der Waals surface area contributed by atoms with Gasteiger partial charge in [0.25, 0.3) is 0 Å². The van der Waals surface area contributed by atoms with E-state index < -0.39 is 0 Å². The van der Waals surface area contributed by atoms with Gasteiger partial charge in [-0.15, -0.1) is 0 Å². The molecular formula is C14H26N2O. The molecule has 0 fully saturated rings. The second-order valence-corrected chi connectivity index (χ2v) is 5.81. The van der Waals surface area contributed by atoms with Crippen LogP contribution in [0.3, 0.4) is 0 Å². The molecule has 0 amide bonds. The molecule has 0 aliphatic rings. The van der Waals surface area contributed by atoms with Crippen molar-refractivity contribution in [2.45, 2.75) is 53.2 Å². The Morgan fingerprint density at radius 1 is 1.41 bits per heavy atom. The lowest BCUT2D eigenvalue weighted by Gasteiger charge is -2.42. The van der Waals surface area contributed by atoms with Crippen LogP contribution in [0.2, 0.25) is 0 Å². The molecule has 1 aromatic heterocycles. The average molecular weight is 238 g/mol. The van der Waals surface area contributed by atoms with Crippen molar-refractivity contribution in [3.63, 3.8) is 0 Å². The highest BCUT2D eigenvalue weighted by Crippen LogP contribution is 2.27. The molecule has 0 saturated carbocycles. The van der Waals surface area contributed by atoms with E-state index in [1.807, 2.05) is 12.1 Å². The van der Waals surface area contributed by atoms with Crippen molar-refractivity contribution < 1.29 is 4.42 Å². The van der Waals surface area contributed by atoms with Crippen LogP contribution in [0.1, 0.15) is 40.4 Å². The van der Waals surface area contributed by atoms with E-state index in [9.17, 15) is 0 Å². The standard InChI is InChI=1S/C14H26N2O/c1-6-16(10-12-8-7-9-17-12)13(11(2)15)14(3,4)5/h7-9,11,13H,6,10,15H2,1-5H3. The summed E-state index contributed by atoms with van der Waals surface area (Å²) in [5.41, 5.74) is 6.32. The minimum atomic E-state index is 0.143. The Balaban J connectivity index is 2.82. The van der Waals surface area contributed by atoms with Crippen molar-refractivity contribution >= 4 is 0 Å². The Labute approximate surface area is 105 Å². The summed E-state index contributed by atoms with van der Waals surface area (Å²) in [7, 11) is 0. The van der Waals surface area contributed by atoms with Crippen LogP contribution in [0.25, 0.3) is 0 Å². The molecule has 2 unspecified atom stereocenters. The van der Waals surface area contributed by atoms with Crippen LogP contribution < -0.4 is 5.73 Å². The molecule has 0 spiro atoms. The fraction of sp³-hybridized carbons (Fsp3) is 0.714. The minimum absolute atomic E-state index is 0.143. The largest absolute Gasteiger partial charge is 0.468 e. The number of nitrogens with zero attached hydrogens (tertiary/aromatic N) is 1. The molecular weight excluding hydrogens is 212 g/mol. The monoisotopic (exact) mass is 238 g/mol. The number of hydrogen-bond acceptors (Lipinski definition) is 3. The van der Waals surface area contributed by atoms with E-state index in [4.69, 9.17) is 10.2 Å². The zero-order valence-electron chi connectivity index (χ0n) is 11.7. The third-order valence-corrected chi connectivity index (χ3v) is 3.12. The third-order valence-electron chi connectivity index (χ3n) is 3.12. The first-order chi connectivity index (χ1) is 7.86. The average Bonchev–Trinajstić information content (AvgIpc) is 2.66. The summed E-state index contributed by atoms with van der Waals surface area (Å²) in [6.45, 7) is 12.8. The predicted molar refractivity (Wildman–Crippen MR) is 71.7 cm³/mol. The molecule has 0 aliphatic heterocycles. The van der Waals surface area contributed by atoms with Gasteiger partial charge in [-0.2, -0.15) is 0 Å². The molecule has 3 heteroatoms. The Morgan fingerprint density at radius 2 is 2.06 bits per heavy atom. The summed E-state index contributed by atoms with van der Waals surface area (Å²) in [6, 6.07) is 4.44. The van der Waals surface area contributed by atoms with Crippen molar-refractivity contribution in [3.8, 4) is 0 Å². The van der Waals surface area contributed by atoms with Crippen molar-refractivity contribution in [2.24, 2.45) is 11.1 Å². The summed E-state index contributed by atoms with van der Waals surface area (Å²) >= 11 is 0. The van der Waals surface area contributed by atoms with Gasteiger partial charge in [-0.3, -0.25) is 4.90 Å². The fourth-order valence-corrected chi connectivity index (χ4v) is 2.68. The first kappa shape index (κ1) is 14.3. The van der Waals surface area contributed by atoms with E-state index in [-0.39, 0.29) is 11.5 Å². The van der Waals surface area contributed by atoms with Crippen LogP contribution in [-0.2, 0) is 6.54 Å². The van der Waals surface area contributed by atoms with Crippen molar-refractivity contribution in [3.05, 3.63) is 24.2 Å². The van der Waals surface area contributed by atoms with Crippen LogP contribution in [-0.4, -0.2) is 23.5 Å². The highest BCUT2D eigenvalue weighted by Gasteiger charge is 2.32. The number of likely N-dealkylation sites (N-methyl/N-ethyl adjacent to an activating group) is 1. The lowest BCUT2D eigenvalue weighted by atomic mass is 9.81. The third kappa shape index (κ3) is 3.86. The number of nitrogens with two attached hydrogens (primary N) is 1. The van der Waals surface area contributed by atoms with Gasteiger partial charge in [-0.1, -0.05) is 27.7 Å². The molecule has 0 bridgehead atoms. The molecule has 0 aliphatic carbocycles. The highest BCUT2D eigenvalue weighted by molar-refractivity contribution is 5.00. The van der Waals surface area contributed by atoms with Crippen molar-refractivity contribution in [1.29, 1.82) is 0 Å². The smallest absolute Gasteiger partial charge is 0.117 e. The molecule has 0 saturated heterocycles. The van der Waals surface area contributed by atoms with Gasteiger partial charge in [0.1, 0.15) is 5.76 Å². The lowest BCUT2D eigenvalue weighted by molar-refractivity contribution is 0.0741. The van der Waals surface area contributed by atoms with Crippen LogP contribution >= 0.6 is 0 Å². The Morgan fingerprint density at radius 3 is 2.41 bits per heavy atom. The quantitative estimate of drug-likeness (QED) is 0.857. The predicted octanol–water partition coefficient (Wildman–Crippen LogP) is 2.86. The van der Waals surface area contributed by atoms with Crippen LogP contribution in [0.4, 0.5) is 0 Å². The van der Waals surface area contributed by atoms with E-state index in [1.54, 1.807) is 6.26 Å². The number of hydrogen-bond donors (Lipinski definition) is 1. The molecule has 1 heterocycles. The molecule has 1 rings (SSSR count). The Bertz CT molecular complexity index is 311. The fourth-order valence-electron chi connectivity index (χ4n) is 2.68. The van der Waals surface area contributed by atoms with Gasteiger partial charge in [-0.05, 0) is 31.0 Å². The first-order valence-electron chi connectivity index (χ1n) is 6.38. The molecule has 0 aromatic carbocycles. The van der Waals surface area contributed by atoms with E-state index >= 15 is 0 Å². The Hall–Kier alpha value is -0.800. The minimum Gasteiger partial charge on any atom is -0.468 e. The van der Waals surface area contributed by atoms with Gasteiger partial charge in [0.05, 0.1) is 12.8 Å². The summed E-state index contributed by atoms with van der Waals surface area (Å²) in [4.78, 5) is 2.39. The van der Waals surface area contributed by atoms with E-state index in [0.717, 1.165) is 18.8 Å². The maximum absolute atomic E-state index is 6.16. The van der Waals surface area contributed by atoms with Gasteiger partial charge in [0.2, 0.25) is 0 Å². The molecule has 2 atom stereocenters. The lowest BCUT2D eigenvalue weighted by Crippen LogP contribution is -2.53. The highest BCUT2D eigenvalue weighted by atomic mass is 16.3. The Kier molecular flexibility index (Phi) is 4.78. The summed E-state index contributed by atoms with van der Waals surface area (Å²) in [5, 5.41) is 0. The van der Waals surface area contributed by atoms with E-state index in [2.05, 4.69) is 39.5 Å². The van der Waals surface area contributed by atoms with Gasteiger partial charge in [0, 0.05) is 12.1 Å². The van der Waals surface area contributed by atoms with Crippen molar-refractivity contribution in [1.82, 2.24) is 4.90 Å². The summed E-state index contributed by atoms with van der Waals surface area (Å²) < 4.78 is 5.43. The molecule has 2 N–H and O–H groups in total. The first-order valence-corrected chi connectivity index (χ1v) is 6.38. The van der Waals surface area contributed by atoms with Gasteiger partial charge >= 0.3 is 0 Å². The second kappa shape index (κ2) is 5.69. The maximum Gasteiger partial charge on any atom is 0.117 e. The molecule has 0 radical (unpaired) electrons. The molecule has 98 valence electrons. The normalized spacial score (nSPS) is 16.2. The van der Waals surface area contributed by atoms with Gasteiger partial charge in [-0.25, -0.2) is 0 Å². The van der Waals surface area contributed by atoms with Crippen molar-refractivity contribution in [2.75, 3.05) is 6.54 Å². The topological polar surface area (TPSA) is 42.4 Å². The van der Waals surface area contributed by atoms with Crippen LogP contribution in [0, 0.1) is 5.41 Å². The van der Waals surface area contributed by atoms with Gasteiger partial charge < -0.3 is 10.2 Å². The number of furan rings is 1. The SMILES string of the molecule is CCN(Cc1ccco1)C(C(C)N)C(C)(C)C. The van der Waals surface area contributed by atoms with E-state index in [1.165, 1.54) is 0 Å². The molecule has 17 heavy (non-hydrogen) atoms. The van der Waals surface area contributed by atoms with Gasteiger partial charge in [0.15, 0.2) is 0 Å². The molecule has 3 nitrogen and oxygen atoms in total. The number of rotatable bonds is 5. The zero-order chi connectivity index (χ0) is 13.1. The summed E-state index contributed by atoms with van der Waals surface area (Å²) in [5.74, 6) is 1.00. The van der Waals surface area contributed by atoms with Crippen LogP contribution in [0.5, 0.6) is 0 Å².